The maximum absolute atomic E-state index is 13.8. The highest BCUT2D eigenvalue weighted by Crippen LogP contribution is 2.24. The molecule has 1 aliphatic heterocycles. The molecule has 3 nitrogen and oxygen atoms in total. The van der Waals surface area contributed by atoms with E-state index in [9.17, 15) is 9.18 Å². The first-order chi connectivity index (χ1) is 9.49. The second-order valence-electron chi connectivity index (χ2n) is 5.41. The van der Waals surface area contributed by atoms with E-state index >= 15 is 0 Å². The number of carbonyl (C=O) groups is 1. The molecule has 1 aromatic carbocycles. The SMILES string of the molecule is C[C@@H]1C[C@H](C(=O)O)CCN1CCc1cccc(Cl)c1F. The van der Waals surface area contributed by atoms with Gasteiger partial charge < -0.3 is 10.0 Å². The van der Waals surface area contributed by atoms with E-state index in [0.29, 0.717) is 24.8 Å². The molecular weight excluding hydrogens is 281 g/mol. The third-order valence-corrected chi connectivity index (χ3v) is 4.35. The smallest absolute Gasteiger partial charge is 0.306 e. The molecule has 1 aliphatic rings. The lowest BCUT2D eigenvalue weighted by molar-refractivity contribution is -0.144. The minimum atomic E-state index is -0.711. The van der Waals surface area contributed by atoms with Crippen molar-refractivity contribution in [1.29, 1.82) is 0 Å². The maximum atomic E-state index is 13.8. The summed E-state index contributed by atoms with van der Waals surface area (Å²) in [4.78, 5) is 13.2. The number of halogens is 2. The van der Waals surface area contributed by atoms with E-state index in [-0.39, 0.29) is 22.8 Å². The van der Waals surface area contributed by atoms with Crippen molar-refractivity contribution in [3.63, 3.8) is 0 Å². The molecule has 1 N–H and O–H groups in total. The number of benzene rings is 1. The molecule has 0 radical (unpaired) electrons. The Bertz CT molecular complexity index is 495. The summed E-state index contributed by atoms with van der Waals surface area (Å²) >= 11 is 5.76. The predicted octanol–water partition coefficient (Wildman–Crippen LogP) is 3.21. The van der Waals surface area contributed by atoms with E-state index in [4.69, 9.17) is 16.7 Å². The summed E-state index contributed by atoms with van der Waals surface area (Å²) in [5, 5.41) is 9.19. The summed E-state index contributed by atoms with van der Waals surface area (Å²) in [6.07, 6.45) is 1.92. The topological polar surface area (TPSA) is 40.5 Å². The van der Waals surface area contributed by atoms with E-state index in [1.54, 1.807) is 18.2 Å². The lowest BCUT2D eigenvalue weighted by Crippen LogP contribution is -2.43. The van der Waals surface area contributed by atoms with Crippen LogP contribution in [0.4, 0.5) is 4.39 Å². The Balaban J connectivity index is 1.92. The van der Waals surface area contributed by atoms with Crippen molar-refractivity contribution in [2.45, 2.75) is 32.2 Å². The number of carboxylic acid groups (broad SMARTS) is 1. The Hall–Kier alpha value is -1.13. The molecule has 2 atom stereocenters. The average Bonchev–Trinajstić information content (AvgIpc) is 2.41. The van der Waals surface area contributed by atoms with Crippen LogP contribution in [-0.4, -0.2) is 35.1 Å². The van der Waals surface area contributed by atoms with Crippen LogP contribution >= 0.6 is 11.6 Å². The summed E-state index contributed by atoms with van der Waals surface area (Å²) in [5.41, 5.74) is 0.616. The Kier molecular flexibility index (Phi) is 5.00. The fraction of sp³-hybridized carbons (Fsp3) is 0.533. The quantitative estimate of drug-likeness (QED) is 0.928. The number of hydrogen-bond acceptors (Lipinski definition) is 2. The van der Waals surface area contributed by atoms with E-state index in [2.05, 4.69) is 4.90 Å². The Morgan fingerprint density at radius 3 is 2.95 bits per heavy atom. The Morgan fingerprint density at radius 2 is 2.30 bits per heavy atom. The van der Waals surface area contributed by atoms with Crippen LogP contribution in [0.2, 0.25) is 5.02 Å². The van der Waals surface area contributed by atoms with Gasteiger partial charge in [0.15, 0.2) is 0 Å². The molecule has 2 rings (SSSR count). The second kappa shape index (κ2) is 6.55. The number of hydrogen-bond donors (Lipinski definition) is 1. The Morgan fingerprint density at radius 1 is 1.55 bits per heavy atom. The minimum Gasteiger partial charge on any atom is -0.481 e. The van der Waals surface area contributed by atoms with Crippen LogP contribution in [0.25, 0.3) is 0 Å². The van der Waals surface area contributed by atoms with Gasteiger partial charge in [-0.3, -0.25) is 4.79 Å². The van der Waals surface area contributed by atoms with E-state index < -0.39 is 5.97 Å². The first kappa shape index (κ1) is 15.3. The molecule has 5 heteroatoms. The third-order valence-electron chi connectivity index (χ3n) is 4.06. The number of likely N-dealkylation sites (tertiary alicyclic amines) is 1. The van der Waals surface area contributed by atoms with Gasteiger partial charge in [-0.25, -0.2) is 4.39 Å². The minimum absolute atomic E-state index is 0.153. The van der Waals surface area contributed by atoms with Crippen LogP contribution in [0, 0.1) is 11.7 Å². The number of aliphatic carboxylic acids is 1. The molecule has 0 bridgehead atoms. The fourth-order valence-corrected chi connectivity index (χ4v) is 2.98. The number of nitrogens with zero attached hydrogens (tertiary/aromatic N) is 1. The zero-order valence-electron chi connectivity index (χ0n) is 11.5. The second-order valence-corrected chi connectivity index (χ2v) is 5.81. The molecule has 0 amide bonds. The van der Waals surface area contributed by atoms with E-state index in [1.807, 2.05) is 6.92 Å². The molecule has 0 aromatic heterocycles. The third kappa shape index (κ3) is 3.49. The van der Waals surface area contributed by atoms with Gasteiger partial charge in [-0.15, -0.1) is 0 Å². The molecule has 1 fully saturated rings. The van der Waals surface area contributed by atoms with Crippen LogP contribution in [0.1, 0.15) is 25.3 Å². The molecular formula is C15H19ClFNO2. The van der Waals surface area contributed by atoms with Crippen LogP contribution < -0.4 is 0 Å². The molecule has 0 aliphatic carbocycles. The molecule has 110 valence electrons. The lowest BCUT2D eigenvalue weighted by Gasteiger charge is -2.36. The van der Waals surface area contributed by atoms with Crippen molar-refractivity contribution in [2.75, 3.05) is 13.1 Å². The molecule has 1 aromatic rings. The van der Waals surface area contributed by atoms with Crippen LogP contribution in [0.5, 0.6) is 0 Å². The molecule has 1 heterocycles. The molecule has 0 saturated carbocycles. The van der Waals surface area contributed by atoms with Crippen molar-refractivity contribution in [1.82, 2.24) is 4.90 Å². The highest BCUT2D eigenvalue weighted by atomic mass is 35.5. The van der Waals surface area contributed by atoms with Crippen LogP contribution in [0.15, 0.2) is 18.2 Å². The van der Waals surface area contributed by atoms with Gasteiger partial charge in [0.1, 0.15) is 5.82 Å². The zero-order valence-corrected chi connectivity index (χ0v) is 12.2. The zero-order chi connectivity index (χ0) is 14.7. The van der Waals surface area contributed by atoms with Gasteiger partial charge in [0.25, 0.3) is 0 Å². The van der Waals surface area contributed by atoms with Gasteiger partial charge in [-0.2, -0.15) is 0 Å². The van der Waals surface area contributed by atoms with Crippen LogP contribution in [0.3, 0.4) is 0 Å². The van der Waals surface area contributed by atoms with Crippen molar-refractivity contribution in [3.05, 3.63) is 34.6 Å². The summed E-state index contributed by atoms with van der Waals surface area (Å²) < 4.78 is 13.8. The van der Waals surface area contributed by atoms with Gasteiger partial charge in [0, 0.05) is 12.6 Å². The van der Waals surface area contributed by atoms with E-state index in [1.165, 1.54) is 0 Å². The summed E-state index contributed by atoms with van der Waals surface area (Å²) in [5.74, 6) is -1.30. The molecule has 20 heavy (non-hydrogen) atoms. The number of piperidine rings is 1. The molecule has 0 spiro atoms. The molecule has 0 unspecified atom stereocenters. The van der Waals surface area contributed by atoms with Crippen molar-refractivity contribution >= 4 is 17.6 Å². The normalized spacial score (nSPS) is 23.8. The van der Waals surface area contributed by atoms with E-state index in [0.717, 1.165) is 13.1 Å². The predicted molar refractivity (Wildman–Crippen MR) is 76.5 cm³/mol. The van der Waals surface area contributed by atoms with Gasteiger partial charge in [-0.1, -0.05) is 23.7 Å². The number of rotatable bonds is 4. The molecule has 1 saturated heterocycles. The number of carboxylic acids is 1. The standard InChI is InChI=1S/C15H19ClFNO2/c1-10-9-12(15(19)20)6-8-18(10)7-5-11-3-2-4-13(16)14(11)17/h2-4,10,12H,5-9H2,1H3,(H,19,20)/t10-,12-/m1/s1. The largest absolute Gasteiger partial charge is 0.481 e. The highest BCUT2D eigenvalue weighted by Gasteiger charge is 2.29. The highest BCUT2D eigenvalue weighted by molar-refractivity contribution is 6.30. The van der Waals surface area contributed by atoms with Crippen LogP contribution in [-0.2, 0) is 11.2 Å². The van der Waals surface area contributed by atoms with Gasteiger partial charge in [0.05, 0.1) is 10.9 Å². The maximum Gasteiger partial charge on any atom is 0.306 e. The first-order valence-corrected chi connectivity index (χ1v) is 7.26. The van der Waals surface area contributed by atoms with Crippen molar-refractivity contribution in [2.24, 2.45) is 5.92 Å². The first-order valence-electron chi connectivity index (χ1n) is 6.88. The summed E-state index contributed by atoms with van der Waals surface area (Å²) in [6.45, 7) is 3.51. The van der Waals surface area contributed by atoms with Gasteiger partial charge in [0.2, 0.25) is 0 Å². The monoisotopic (exact) mass is 299 g/mol. The van der Waals surface area contributed by atoms with Gasteiger partial charge in [-0.05, 0) is 44.4 Å². The summed E-state index contributed by atoms with van der Waals surface area (Å²) in [6, 6.07) is 5.25. The average molecular weight is 300 g/mol. The summed E-state index contributed by atoms with van der Waals surface area (Å²) in [7, 11) is 0. The fourth-order valence-electron chi connectivity index (χ4n) is 2.78. The lowest BCUT2D eigenvalue weighted by atomic mass is 9.91. The van der Waals surface area contributed by atoms with Crippen molar-refractivity contribution < 1.29 is 14.3 Å². The van der Waals surface area contributed by atoms with Gasteiger partial charge >= 0.3 is 5.97 Å². The Labute approximate surface area is 123 Å². The van der Waals surface area contributed by atoms with Crippen molar-refractivity contribution in [3.8, 4) is 0 Å².